The Bertz CT molecular complexity index is 488. The molecule has 1 fully saturated rings. The van der Waals surface area contributed by atoms with Crippen molar-refractivity contribution in [2.75, 3.05) is 20.2 Å². The highest BCUT2D eigenvalue weighted by Gasteiger charge is 2.26. The Morgan fingerprint density at radius 2 is 2.21 bits per heavy atom. The van der Waals surface area contributed by atoms with Crippen LogP contribution in [0.25, 0.3) is 0 Å². The molecule has 0 radical (unpaired) electrons. The molecule has 0 aromatic heterocycles. The van der Waals surface area contributed by atoms with E-state index in [4.69, 9.17) is 10.00 Å². The van der Waals surface area contributed by atoms with Gasteiger partial charge in [-0.25, -0.2) is 0 Å². The van der Waals surface area contributed by atoms with E-state index in [1.54, 1.807) is 7.11 Å². The second-order valence-corrected chi connectivity index (χ2v) is 6.12. The lowest BCUT2D eigenvalue weighted by Gasteiger charge is -2.38. The van der Waals surface area contributed by atoms with Crippen molar-refractivity contribution in [1.29, 1.82) is 5.26 Å². The van der Waals surface area contributed by atoms with Crippen LogP contribution in [0.15, 0.2) is 18.2 Å². The first kappa shape index (κ1) is 13.9. The van der Waals surface area contributed by atoms with Gasteiger partial charge in [0.05, 0.1) is 12.7 Å². The Labute approximate surface area is 115 Å². The number of hydrogen-bond acceptors (Lipinski definition) is 3. The molecule has 2 rings (SSSR count). The van der Waals surface area contributed by atoms with E-state index in [0.29, 0.717) is 16.7 Å². The average Bonchev–Trinajstić information content (AvgIpc) is 2.37. The topological polar surface area (TPSA) is 36.3 Å². The number of hydrogen-bond donors (Lipinski definition) is 0. The van der Waals surface area contributed by atoms with Gasteiger partial charge in [-0.05, 0) is 42.5 Å². The van der Waals surface area contributed by atoms with E-state index < -0.39 is 0 Å². The number of methoxy groups -OCH3 is 1. The van der Waals surface area contributed by atoms with Crippen molar-refractivity contribution in [3.63, 3.8) is 0 Å². The molecule has 0 spiro atoms. The Morgan fingerprint density at radius 3 is 2.84 bits per heavy atom. The molecule has 0 unspecified atom stereocenters. The van der Waals surface area contributed by atoms with E-state index in [1.165, 1.54) is 18.4 Å². The lowest BCUT2D eigenvalue weighted by atomic mass is 9.84. The zero-order valence-electron chi connectivity index (χ0n) is 12.1. The molecule has 3 nitrogen and oxygen atoms in total. The van der Waals surface area contributed by atoms with Gasteiger partial charge in [0.1, 0.15) is 11.8 Å². The predicted octanol–water partition coefficient (Wildman–Crippen LogP) is 3.19. The van der Waals surface area contributed by atoms with Gasteiger partial charge in [-0.2, -0.15) is 5.26 Å². The van der Waals surface area contributed by atoms with Gasteiger partial charge in [0, 0.05) is 13.1 Å². The van der Waals surface area contributed by atoms with Crippen LogP contribution in [0, 0.1) is 16.7 Å². The Kier molecular flexibility index (Phi) is 4.11. The average molecular weight is 258 g/mol. The van der Waals surface area contributed by atoms with E-state index >= 15 is 0 Å². The quantitative estimate of drug-likeness (QED) is 0.835. The minimum absolute atomic E-state index is 0.412. The number of nitriles is 1. The fraction of sp³-hybridized carbons (Fsp3) is 0.562. The van der Waals surface area contributed by atoms with Crippen molar-refractivity contribution in [1.82, 2.24) is 4.90 Å². The highest BCUT2D eigenvalue weighted by atomic mass is 16.5. The number of piperidine rings is 1. The molecule has 0 saturated carbocycles. The molecule has 0 atom stereocenters. The van der Waals surface area contributed by atoms with Crippen LogP contribution in [0.2, 0.25) is 0 Å². The van der Waals surface area contributed by atoms with E-state index in [9.17, 15) is 0 Å². The highest BCUT2D eigenvalue weighted by molar-refractivity contribution is 5.45. The number of nitrogens with zero attached hydrogens (tertiary/aromatic N) is 2. The first-order valence-corrected chi connectivity index (χ1v) is 6.83. The maximum Gasteiger partial charge on any atom is 0.136 e. The summed E-state index contributed by atoms with van der Waals surface area (Å²) in [5.41, 5.74) is 2.23. The summed E-state index contributed by atoms with van der Waals surface area (Å²) in [7, 11) is 1.62. The van der Waals surface area contributed by atoms with E-state index in [2.05, 4.69) is 24.8 Å². The van der Waals surface area contributed by atoms with Crippen molar-refractivity contribution in [3.05, 3.63) is 29.3 Å². The van der Waals surface area contributed by atoms with Crippen molar-refractivity contribution < 1.29 is 4.74 Å². The number of likely N-dealkylation sites (tertiary alicyclic amines) is 1. The monoisotopic (exact) mass is 258 g/mol. The van der Waals surface area contributed by atoms with Crippen LogP contribution in [-0.4, -0.2) is 25.1 Å². The van der Waals surface area contributed by atoms with Gasteiger partial charge in [0.25, 0.3) is 0 Å². The van der Waals surface area contributed by atoms with E-state index in [1.807, 2.05) is 18.2 Å². The number of ether oxygens (including phenoxy) is 1. The minimum atomic E-state index is 0.412. The predicted molar refractivity (Wildman–Crippen MR) is 76.0 cm³/mol. The SMILES string of the molecule is COc1cc(CN2CCCC(C)(C)C2)ccc1C#N. The maximum atomic E-state index is 8.99. The van der Waals surface area contributed by atoms with Crippen molar-refractivity contribution in [3.8, 4) is 11.8 Å². The zero-order valence-corrected chi connectivity index (χ0v) is 12.1. The first-order chi connectivity index (χ1) is 9.04. The van der Waals surface area contributed by atoms with Crippen LogP contribution < -0.4 is 4.74 Å². The largest absolute Gasteiger partial charge is 0.495 e. The molecule has 0 N–H and O–H groups in total. The molecule has 1 aliphatic heterocycles. The third-order valence-corrected chi connectivity index (χ3v) is 3.77. The summed E-state index contributed by atoms with van der Waals surface area (Å²) in [6, 6.07) is 8.02. The molecule has 1 saturated heterocycles. The molecule has 3 heteroatoms. The van der Waals surface area contributed by atoms with Crippen LogP contribution in [0.5, 0.6) is 5.75 Å². The Balaban J connectivity index is 2.09. The molecule has 1 aliphatic rings. The highest BCUT2D eigenvalue weighted by Crippen LogP contribution is 2.29. The summed E-state index contributed by atoms with van der Waals surface area (Å²) in [6.45, 7) is 7.89. The standard InChI is InChI=1S/C16H22N2O/c1-16(2)7-4-8-18(12-16)11-13-5-6-14(10-17)15(9-13)19-3/h5-6,9H,4,7-8,11-12H2,1-3H3. The molecule has 102 valence electrons. The lowest BCUT2D eigenvalue weighted by molar-refractivity contribution is 0.111. The molecule has 1 aromatic carbocycles. The molecule has 0 aliphatic carbocycles. The third kappa shape index (κ3) is 3.48. The molecule has 0 bridgehead atoms. The van der Waals surface area contributed by atoms with Gasteiger partial charge >= 0.3 is 0 Å². The Morgan fingerprint density at radius 1 is 1.42 bits per heavy atom. The lowest BCUT2D eigenvalue weighted by Crippen LogP contribution is -2.39. The van der Waals surface area contributed by atoms with Gasteiger partial charge in [-0.15, -0.1) is 0 Å². The molecular formula is C16H22N2O. The van der Waals surface area contributed by atoms with Gasteiger partial charge in [-0.3, -0.25) is 4.90 Å². The fourth-order valence-electron chi connectivity index (χ4n) is 2.86. The first-order valence-electron chi connectivity index (χ1n) is 6.83. The maximum absolute atomic E-state index is 8.99. The van der Waals surface area contributed by atoms with Gasteiger partial charge in [0.15, 0.2) is 0 Å². The summed E-state index contributed by atoms with van der Waals surface area (Å²) in [5, 5.41) is 8.99. The number of benzene rings is 1. The second-order valence-electron chi connectivity index (χ2n) is 6.12. The fourth-order valence-corrected chi connectivity index (χ4v) is 2.86. The van der Waals surface area contributed by atoms with Crippen molar-refractivity contribution >= 4 is 0 Å². The molecule has 1 aromatic rings. The number of rotatable bonds is 3. The van der Waals surface area contributed by atoms with E-state index in [0.717, 1.165) is 19.6 Å². The van der Waals surface area contributed by atoms with Crippen molar-refractivity contribution in [2.24, 2.45) is 5.41 Å². The summed E-state index contributed by atoms with van der Waals surface area (Å²) in [4.78, 5) is 2.49. The summed E-state index contributed by atoms with van der Waals surface area (Å²) >= 11 is 0. The minimum Gasteiger partial charge on any atom is -0.495 e. The van der Waals surface area contributed by atoms with Crippen LogP contribution in [0.4, 0.5) is 0 Å². The van der Waals surface area contributed by atoms with Gasteiger partial charge in [0.2, 0.25) is 0 Å². The van der Waals surface area contributed by atoms with Crippen molar-refractivity contribution in [2.45, 2.75) is 33.2 Å². The molecule has 1 heterocycles. The second kappa shape index (κ2) is 5.63. The van der Waals surface area contributed by atoms with Crippen LogP contribution >= 0.6 is 0 Å². The van der Waals surface area contributed by atoms with Crippen LogP contribution in [-0.2, 0) is 6.54 Å². The van der Waals surface area contributed by atoms with Gasteiger partial charge in [-0.1, -0.05) is 19.9 Å². The third-order valence-electron chi connectivity index (χ3n) is 3.77. The molecular weight excluding hydrogens is 236 g/mol. The smallest absolute Gasteiger partial charge is 0.136 e. The van der Waals surface area contributed by atoms with E-state index in [-0.39, 0.29) is 0 Å². The van der Waals surface area contributed by atoms with Crippen LogP contribution in [0.1, 0.15) is 37.8 Å². The zero-order chi connectivity index (χ0) is 13.9. The summed E-state index contributed by atoms with van der Waals surface area (Å²) < 4.78 is 5.27. The summed E-state index contributed by atoms with van der Waals surface area (Å²) in [6.07, 6.45) is 2.57. The Hall–Kier alpha value is -1.53. The van der Waals surface area contributed by atoms with Gasteiger partial charge < -0.3 is 4.74 Å². The van der Waals surface area contributed by atoms with Crippen LogP contribution in [0.3, 0.4) is 0 Å². The summed E-state index contributed by atoms with van der Waals surface area (Å²) in [5.74, 6) is 0.677. The molecule has 19 heavy (non-hydrogen) atoms. The molecule has 0 amide bonds. The normalized spacial score (nSPS) is 18.8.